The Kier molecular flexibility index (Phi) is 4.76. The first kappa shape index (κ1) is 12.2. The van der Waals surface area contributed by atoms with Gasteiger partial charge in [-0.3, -0.25) is 0 Å². The lowest BCUT2D eigenvalue weighted by Gasteiger charge is -2.08. The minimum Gasteiger partial charge on any atom is -0.611 e. The van der Waals surface area contributed by atoms with Gasteiger partial charge < -0.3 is 4.55 Å². The lowest BCUT2D eigenvalue weighted by Crippen LogP contribution is -2.00. The fourth-order valence-corrected chi connectivity index (χ4v) is 2.95. The van der Waals surface area contributed by atoms with Crippen LogP contribution >= 0.6 is 11.8 Å². The van der Waals surface area contributed by atoms with E-state index in [9.17, 15) is 4.55 Å². The summed E-state index contributed by atoms with van der Waals surface area (Å²) in [5.74, 6) is 0. The highest BCUT2D eigenvalue weighted by molar-refractivity contribution is 8.18. The molecule has 78 valence electrons. The van der Waals surface area contributed by atoms with E-state index in [4.69, 9.17) is 5.26 Å². The quantitative estimate of drug-likeness (QED) is 0.599. The first-order valence-electron chi connectivity index (χ1n) is 4.28. The standard InChI is InChI=1S/C11H11NOS2/c1-14-11(15(2)13)10(8-12)9-6-4-3-5-7-9/h3-7H,1-2H3. The van der Waals surface area contributed by atoms with Crippen molar-refractivity contribution in [2.75, 3.05) is 12.5 Å². The van der Waals surface area contributed by atoms with Gasteiger partial charge in [0.05, 0.1) is 0 Å². The molecule has 0 bridgehead atoms. The van der Waals surface area contributed by atoms with E-state index >= 15 is 0 Å². The average molecular weight is 237 g/mol. The fraction of sp³-hybridized carbons (Fsp3) is 0.182. The molecule has 1 aromatic rings. The van der Waals surface area contributed by atoms with E-state index in [1.807, 2.05) is 36.6 Å². The highest BCUT2D eigenvalue weighted by atomic mass is 32.3. The molecule has 1 atom stereocenters. The molecule has 1 aromatic carbocycles. The van der Waals surface area contributed by atoms with Crippen LogP contribution in [0, 0.1) is 11.3 Å². The van der Waals surface area contributed by atoms with Crippen molar-refractivity contribution in [3.05, 3.63) is 40.1 Å². The number of benzene rings is 1. The van der Waals surface area contributed by atoms with Crippen LogP contribution in [0.1, 0.15) is 5.56 Å². The summed E-state index contributed by atoms with van der Waals surface area (Å²) in [5, 5.41) is 9.07. The molecule has 0 radical (unpaired) electrons. The lowest BCUT2D eigenvalue weighted by molar-refractivity contribution is 0.608. The summed E-state index contributed by atoms with van der Waals surface area (Å²) in [4.78, 5) is 0. The number of hydrogen-bond donors (Lipinski definition) is 0. The third-order valence-corrected chi connectivity index (χ3v) is 4.33. The zero-order chi connectivity index (χ0) is 11.3. The molecule has 1 rings (SSSR count). The van der Waals surface area contributed by atoms with Gasteiger partial charge in [0.15, 0.2) is 0 Å². The van der Waals surface area contributed by atoms with Gasteiger partial charge in [-0.05, 0) is 23.0 Å². The zero-order valence-corrected chi connectivity index (χ0v) is 10.2. The minimum atomic E-state index is -1.11. The van der Waals surface area contributed by atoms with Crippen molar-refractivity contribution in [2.45, 2.75) is 0 Å². The summed E-state index contributed by atoms with van der Waals surface area (Å²) in [6.07, 6.45) is 3.42. The predicted molar refractivity (Wildman–Crippen MR) is 66.6 cm³/mol. The van der Waals surface area contributed by atoms with Crippen molar-refractivity contribution in [2.24, 2.45) is 0 Å². The average Bonchev–Trinajstić information content (AvgIpc) is 2.26. The Hall–Kier alpha value is -0.890. The minimum absolute atomic E-state index is 0.504. The van der Waals surface area contributed by atoms with Crippen molar-refractivity contribution in [3.63, 3.8) is 0 Å². The molecule has 0 aromatic heterocycles. The van der Waals surface area contributed by atoms with E-state index in [0.29, 0.717) is 9.81 Å². The van der Waals surface area contributed by atoms with Crippen molar-refractivity contribution in [1.82, 2.24) is 0 Å². The fourth-order valence-electron chi connectivity index (χ4n) is 1.20. The first-order chi connectivity index (χ1) is 7.20. The predicted octanol–water partition coefficient (Wildman–Crippen LogP) is 2.62. The summed E-state index contributed by atoms with van der Waals surface area (Å²) in [6, 6.07) is 11.4. The third-order valence-electron chi connectivity index (χ3n) is 1.82. The Labute approximate surface area is 97.2 Å². The van der Waals surface area contributed by atoms with Gasteiger partial charge >= 0.3 is 0 Å². The van der Waals surface area contributed by atoms with E-state index in [0.717, 1.165) is 5.56 Å². The Bertz CT molecular complexity index is 393. The molecule has 1 unspecified atom stereocenters. The molecule has 4 heteroatoms. The van der Waals surface area contributed by atoms with Crippen molar-refractivity contribution in [3.8, 4) is 6.07 Å². The monoisotopic (exact) mass is 237 g/mol. The van der Waals surface area contributed by atoms with Gasteiger partial charge in [-0.25, -0.2) is 0 Å². The highest BCUT2D eigenvalue weighted by Crippen LogP contribution is 2.28. The number of rotatable bonds is 3. The molecule has 0 saturated heterocycles. The van der Waals surface area contributed by atoms with E-state index in [2.05, 4.69) is 6.07 Å². The van der Waals surface area contributed by atoms with Crippen LogP contribution in [-0.2, 0) is 11.2 Å². The molecule has 0 saturated carbocycles. The second-order valence-electron chi connectivity index (χ2n) is 2.80. The maximum atomic E-state index is 11.4. The van der Waals surface area contributed by atoms with Crippen LogP contribution in [0.25, 0.3) is 5.57 Å². The number of nitriles is 1. The van der Waals surface area contributed by atoms with Crippen LogP contribution in [0.2, 0.25) is 0 Å². The maximum Gasteiger partial charge on any atom is 0.204 e. The van der Waals surface area contributed by atoms with E-state index in [-0.39, 0.29) is 0 Å². The molecule has 0 N–H and O–H groups in total. The van der Waals surface area contributed by atoms with Crippen molar-refractivity contribution in [1.29, 1.82) is 5.26 Å². The highest BCUT2D eigenvalue weighted by Gasteiger charge is 2.16. The number of hydrogen-bond acceptors (Lipinski definition) is 3. The van der Waals surface area contributed by atoms with Crippen LogP contribution in [0.5, 0.6) is 0 Å². The zero-order valence-electron chi connectivity index (χ0n) is 8.56. The van der Waals surface area contributed by atoms with Crippen LogP contribution in [0.4, 0.5) is 0 Å². The molecule has 0 heterocycles. The Morgan fingerprint density at radius 2 is 2.00 bits per heavy atom. The first-order valence-corrected chi connectivity index (χ1v) is 7.06. The van der Waals surface area contributed by atoms with Crippen LogP contribution in [0.3, 0.4) is 0 Å². The molecular weight excluding hydrogens is 226 g/mol. The molecule has 0 amide bonds. The summed E-state index contributed by atoms with van der Waals surface area (Å²) >= 11 is 0.249. The number of nitrogens with zero attached hydrogens (tertiary/aromatic N) is 1. The molecular formula is C11H11NOS2. The van der Waals surface area contributed by atoms with Crippen LogP contribution in [0.15, 0.2) is 34.6 Å². The van der Waals surface area contributed by atoms with Gasteiger partial charge in [0, 0.05) is 0 Å². The molecule has 15 heavy (non-hydrogen) atoms. The van der Waals surface area contributed by atoms with E-state index in [1.54, 1.807) is 6.26 Å². The van der Waals surface area contributed by atoms with Crippen LogP contribution in [-0.4, -0.2) is 17.1 Å². The second kappa shape index (κ2) is 5.86. The van der Waals surface area contributed by atoms with Crippen molar-refractivity contribution < 1.29 is 4.55 Å². The van der Waals surface area contributed by atoms with Gasteiger partial charge in [0.1, 0.15) is 17.9 Å². The molecule has 0 spiro atoms. The smallest absolute Gasteiger partial charge is 0.204 e. The normalized spacial score (nSPS) is 14.0. The summed E-state index contributed by atoms with van der Waals surface area (Å²) in [6.45, 7) is 0. The van der Waals surface area contributed by atoms with Crippen molar-refractivity contribution >= 4 is 28.5 Å². The molecule has 0 aliphatic carbocycles. The molecule has 0 aliphatic rings. The molecule has 2 nitrogen and oxygen atoms in total. The largest absolute Gasteiger partial charge is 0.611 e. The van der Waals surface area contributed by atoms with Gasteiger partial charge in [0.2, 0.25) is 4.24 Å². The topological polar surface area (TPSA) is 46.8 Å². The Morgan fingerprint density at radius 3 is 2.40 bits per heavy atom. The SMILES string of the molecule is CSC(=C(C#N)c1ccccc1)[S+](C)[O-]. The van der Waals surface area contributed by atoms with Gasteiger partial charge in [-0.15, -0.1) is 0 Å². The van der Waals surface area contributed by atoms with E-state index < -0.39 is 11.2 Å². The summed E-state index contributed by atoms with van der Waals surface area (Å²) in [5.41, 5.74) is 1.32. The Morgan fingerprint density at radius 1 is 1.40 bits per heavy atom. The van der Waals surface area contributed by atoms with E-state index in [1.165, 1.54) is 11.8 Å². The van der Waals surface area contributed by atoms with Gasteiger partial charge in [0.25, 0.3) is 0 Å². The molecule has 0 aliphatic heterocycles. The lowest BCUT2D eigenvalue weighted by atomic mass is 10.1. The van der Waals surface area contributed by atoms with Crippen LogP contribution < -0.4 is 0 Å². The molecule has 0 fully saturated rings. The number of thioether (sulfide) groups is 1. The number of allylic oxidation sites excluding steroid dienone is 1. The van der Waals surface area contributed by atoms with Gasteiger partial charge in [-0.1, -0.05) is 42.1 Å². The summed E-state index contributed by atoms with van der Waals surface area (Å²) < 4.78 is 12.1. The second-order valence-corrected chi connectivity index (χ2v) is 5.19. The Balaban J connectivity index is 3.25. The third kappa shape index (κ3) is 3.03. The summed E-state index contributed by atoms with van der Waals surface area (Å²) in [7, 11) is 0. The maximum absolute atomic E-state index is 11.4. The van der Waals surface area contributed by atoms with Gasteiger partial charge in [-0.2, -0.15) is 5.26 Å².